The third-order valence-corrected chi connectivity index (χ3v) is 2.85. The molecule has 94 valence electrons. The molecule has 0 unspecified atom stereocenters. The number of amides is 1. The van der Waals surface area contributed by atoms with Crippen LogP contribution < -0.4 is 0 Å². The van der Waals surface area contributed by atoms with Crippen LogP contribution in [-0.4, -0.2) is 38.1 Å². The number of aromatic amines is 1. The van der Waals surface area contributed by atoms with E-state index >= 15 is 0 Å². The quantitative estimate of drug-likeness (QED) is 0.857. The number of carbonyl (C=O) groups excluding carboxylic acids is 1. The van der Waals surface area contributed by atoms with Crippen LogP contribution >= 0.6 is 15.9 Å². The Bertz CT molecular complexity index is 486. The molecule has 0 saturated heterocycles. The molecule has 6 heteroatoms. The molecule has 1 aromatic carbocycles. The van der Waals surface area contributed by atoms with Crippen LogP contribution in [0.3, 0.4) is 0 Å². The van der Waals surface area contributed by atoms with Gasteiger partial charge in [-0.1, -0.05) is 46.3 Å². The maximum atomic E-state index is 12.2. The van der Waals surface area contributed by atoms with Crippen LogP contribution in [-0.2, 0) is 6.54 Å². The molecule has 0 aliphatic carbocycles. The Morgan fingerprint density at radius 2 is 2.11 bits per heavy atom. The van der Waals surface area contributed by atoms with Crippen molar-refractivity contribution in [1.29, 1.82) is 0 Å². The first kappa shape index (κ1) is 12.8. The van der Waals surface area contributed by atoms with Crippen molar-refractivity contribution >= 4 is 21.8 Å². The molecule has 1 heterocycles. The topological polar surface area (TPSA) is 61.9 Å². The van der Waals surface area contributed by atoms with Gasteiger partial charge in [0.2, 0.25) is 0 Å². The van der Waals surface area contributed by atoms with E-state index in [0.717, 1.165) is 10.9 Å². The maximum absolute atomic E-state index is 12.2. The van der Waals surface area contributed by atoms with E-state index < -0.39 is 0 Å². The molecule has 2 rings (SSSR count). The first-order valence-corrected chi connectivity index (χ1v) is 6.68. The molecule has 0 radical (unpaired) electrons. The zero-order valence-corrected chi connectivity index (χ0v) is 11.3. The summed E-state index contributed by atoms with van der Waals surface area (Å²) in [6.07, 6.45) is 1.44. The van der Waals surface area contributed by atoms with Crippen molar-refractivity contribution in [2.24, 2.45) is 0 Å². The van der Waals surface area contributed by atoms with E-state index in [1.165, 1.54) is 6.20 Å². The largest absolute Gasteiger partial charge is 0.332 e. The van der Waals surface area contributed by atoms with E-state index in [0.29, 0.717) is 18.8 Å². The van der Waals surface area contributed by atoms with Gasteiger partial charge in [0.05, 0.1) is 6.20 Å². The molecule has 0 atom stereocenters. The van der Waals surface area contributed by atoms with Gasteiger partial charge in [-0.2, -0.15) is 15.4 Å². The van der Waals surface area contributed by atoms with Gasteiger partial charge in [-0.15, -0.1) is 0 Å². The Hall–Kier alpha value is -1.69. The summed E-state index contributed by atoms with van der Waals surface area (Å²) in [6.45, 7) is 1.19. The highest BCUT2D eigenvalue weighted by molar-refractivity contribution is 9.09. The van der Waals surface area contributed by atoms with Crippen molar-refractivity contribution < 1.29 is 4.79 Å². The van der Waals surface area contributed by atoms with Crippen LogP contribution in [0.15, 0.2) is 36.5 Å². The van der Waals surface area contributed by atoms with Gasteiger partial charge in [0.15, 0.2) is 5.69 Å². The van der Waals surface area contributed by atoms with Gasteiger partial charge in [-0.05, 0) is 5.56 Å². The molecule has 0 fully saturated rings. The number of nitrogens with zero attached hydrogens (tertiary/aromatic N) is 3. The summed E-state index contributed by atoms with van der Waals surface area (Å²) in [5.41, 5.74) is 1.43. The van der Waals surface area contributed by atoms with E-state index in [1.54, 1.807) is 4.90 Å². The van der Waals surface area contributed by atoms with Gasteiger partial charge < -0.3 is 4.90 Å². The summed E-state index contributed by atoms with van der Waals surface area (Å²) in [7, 11) is 0. The second-order valence-corrected chi connectivity index (χ2v) is 4.55. The smallest absolute Gasteiger partial charge is 0.276 e. The van der Waals surface area contributed by atoms with Crippen molar-refractivity contribution in [2.45, 2.75) is 6.54 Å². The summed E-state index contributed by atoms with van der Waals surface area (Å²) in [6, 6.07) is 9.87. The minimum atomic E-state index is -0.118. The molecular formula is C12H13BrN4O. The summed E-state index contributed by atoms with van der Waals surface area (Å²) in [5, 5.41) is 10.7. The molecule has 0 saturated carbocycles. The third-order valence-electron chi connectivity index (χ3n) is 2.49. The van der Waals surface area contributed by atoms with Gasteiger partial charge in [-0.3, -0.25) is 4.79 Å². The summed E-state index contributed by atoms with van der Waals surface area (Å²) in [4.78, 5) is 13.9. The molecule has 0 bridgehead atoms. The lowest BCUT2D eigenvalue weighted by atomic mass is 10.2. The Labute approximate surface area is 113 Å². The first-order valence-electron chi connectivity index (χ1n) is 5.56. The number of hydrogen-bond donors (Lipinski definition) is 1. The number of rotatable bonds is 5. The van der Waals surface area contributed by atoms with Gasteiger partial charge in [-0.25, -0.2) is 0 Å². The zero-order valence-electron chi connectivity index (χ0n) is 9.71. The Balaban J connectivity index is 2.11. The molecule has 1 aromatic heterocycles. The monoisotopic (exact) mass is 308 g/mol. The zero-order chi connectivity index (χ0) is 12.8. The van der Waals surface area contributed by atoms with E-state index in [9.17, 15) is 4.79 Å². The third kappa shape index (κ3) is 3.16. The minimum absolute atomic E-state index is 0.118. The Morgan fingerprint density at radius 1 is 1.33 bits per heavy atom. The highest BCUT2D eigenvalue weighted by atomic mass is 79.9. The fraction of sp³-hybridized carbons (Fsp3) is 0.250. The molecule has 0 aliphatic heterocycles. The van der Waals surface area contributed by atoms with Crippen LogP contribution in [0.2, 0.25) is 0 Å². The molecule has 2 aromatic rings. The molecule has 1 amide bonds. The molecule has 5 nitrogen and oxygen atoms in total. The van der Waals surface area contributed by atoms with Crippen LogP contribution in [0.4, 0.5) is 0 Å². The van der Waals surface area contributed by atoms with Gasteiger partial charge in [0.25, 0.3) is 5.91 Å². The van der Waals surface area contributed by atoms with Crippen LogP contribution in [0.25, 0.3) is 0 Å². The minimum Gasteiger partial charge on any atom is -0.332 e. The highest BCUT2D eigenvalue weighted by Crippen LogP contribution is 2.08. The standard InChI is InChI=1S/C12H13BrN4O/c13-6-7-17(9-10-4-2-1-3-5-10)12(18)11-8-14-16-15-11/h1-5,8H,6-7,9H2,(H,14,15,16). The lowest BCUT2D eigenvalue weighted by Gasteiger charge is -2.20. The average molecular weight is 309 g/mol. The maximum Gasteiger partial charge on any atom is 0.276 e. The second kappa shape index (κ2) is 6.30. The fourth-order valence-electron chi connectivity index (χ4n) is 1.62. The number of benzene rings is 1. The van der Waals surface area contributed by atoms with Gasteiger partial charge >= 0.3 is 0 Å². The van der Waals surface area contributed by atoms with Crippen molar-refractivity contribution in [3.8, 4) is 0 Å². The normalized spacial score (nSPS) is 10.3. The lowest BCUT2D eigenvalue weighted by molar-refractivity contribution is 0.0748. The van der Waals surface area contributed by atoms with E-state index in [4.69, 9.17) is 0 Å². The lowest BCUT2D eigenvalue weighted by Crippen LogP contribution is -2.32. The molecule has 1 N–H and O–H groups in total. The molecule has 0 aliphatic rings. The van der Waals surface area contributed by atoms with Crippen LogP contribution in [0.1, 0.15) is 16.1 Å². The summed E-state index contributed by atoms with van der Waals surface area (Å²) in [5.74, 6) is -0.118. The van der Waals surface area contributed by atoms with E-state index in [1.807, 2.05) is 30.3 Å². The predicted octanol–water partition coefficient (Wildman–Crippen LogP) is 1.84. The number of alkyl halides is 1. The number of aromatic nitrogens is 3. The van der Waals surface area contributed by atoms with Gasteiger partial charge in [0, 0.05) is 18.4 Å². The van der Waals surface area contributed by atoms with Crippen molar-refractivity contribution in [3.63, 3.8) is 0 Å². The van der Waals surface area contributed by atoms with Crippen molar-refractivity contribution in [3.05, 3.63) is 47.8 Å². The van der Waals surface area contributed by atoms with Crippen LogP contribution in [0, 0.1) is 0 Å². The number of nitrogens with one attached hydrogen (secondary N) is 1. The number of H-pyrrole nitrogens is 1. The van der Waals surface area contributed by atoms with E-state index in [-0.39, 0.29) is 5.91 Å². The van der Waals surface area contributed by atoms with Crippen LogP contribution in [0.5, 0.6) is 0 Å². The average Bonchev–Trinajstić information content (AvgIpc) is 2.92. The Morgan fingerprint density at radius 3 is 2.72 bits per heavy atom. The van der Waals surface area contributed by atoms with Gasteiger partial charge in [0.1, 0.15) is 0 Å². The highest BCUT2D eigenvalue weighted by Gasteiger charge is 2.17. The van der Waals surface area contributed by atoms with E-state index in [2.05, 4.69) is 31.3 Å². The molecule has 18 heavy (non-hydrogen) atoms. The number of halogens is 1. The summed E-state index contributed by atoms with van der Waals surface area (Å²) < 4.78 is 0. The molecular weight excluding hydrogens is 296 g/mol. The SMILES string of the molecule is O=C(c1cn[nH]n1)N(CCBr)Cc1ccccc1. The van der Waals surface area contributed by atoms with Crippen molar-refractivity contribution in [2.75, 3.05) is 11.9 Å². The molecule has 0 spiro atoms. The first-order chi connectivity index (χ1) is 8.81. The Kier molecular flexibility index (Phi) is 4.46. The van der Waals surface area contributed by atoms with Crippen molar-refractivity contribution in [1.82, 2.24) is 20.3 Å². The number of hydrogen-bond acceptors (Lipinski definition) is 3. The number of carbonyl (C=O) groups is 1. The fourth-order valence-corrected chi connectivity index (χ4v) is 2.05. The second-order valence-electron chi connectivity index (χ2n) is 3.76. The summed E-state index contributed by atoms with van der Waals surface area (Å²) >= 11 is 3.36. The predicted molar refractivity (Wildman–Crippen MR) is 71.4 cm³/mol.